The zero-order valence-electron chi connectivity index (χ0n) is 15.6. The molecule has 0 amide bonds. The molecule has 2 aromatic carbocycles. The van der Waals surface area contributed by atoms with Gasteiger partial charge in [-0.25, -0.2) is 0 Å². The predicted octanol–water partition coefficient (Wildman–Crippen LogP) is 3.41. The van der Waals surface area contributed by atoms with E-state index in [1.807, 2.05) is 42.5 Å². The topological polar surface area (TPSA) is 59.0 Å². The average molecular weight is 369 g/mol. The number of carboxylic acid groups (broad SMARTS) is 1. The van der Waals surface area contributed by atoms with E-state index in [0.29, 0.717) is 19.6 Å². The molecule has 0 aliphatic carbocycles. The van der Waals surface area contributed by atoms with E-state index in [1.165, 1.54) is 11.1 Å². The third kappa shape index (κ3) is 6.00. The first kappa shape index (κ1) is 19.2. The number of carbonyl (C=O) groups is 1. The number of rotatable bonds is 9. The highest BCUT2D eigenvalue weighted by Crippen LogP contribution is 2.26. The molecule has 0 saturated heterocycles. The molecule has 5 nitrogen and oxygen atoms in total. The summed E-state index contributed by atoms with van der Waals surface area (Å²) in [4.78, 5) is 13.1. The van der Waals surface area contributed by atoms with Crippen LogP contribution < -0.4 is 9.47 Å². The van der Waals surface area contributed by atoms with Crippen LogP contribution in [0.25, 0.3) is 0 Å². The Morgan fingerprint density at radius 2 is 1.74 bits per heavy atom. The van der Waals surface area contributed by atoms with E-state index in [4.69, 9.17) is 14.6 Å². The Morgan fingerprint density at radius 3 is 2.56 bits per heavy atom. The summed E-state index contributed by atoms with van der Waals surface area (Å²) in [5.74, 6) is 1.07. The summed E-state index contributed by atoms with van der Waals surface area (Å²) in [6.45, 7) is 3.75. The van der Waals surface area contributed by atoms with E-state index in [2.05, 4.69) is 11.0 Å². The van der Waals surface area contributed by atoms with Gasteiger partial charge in [-0.3, -0.25) is 4.79 Å². The Hall–Kier alpha value is -2.53. The van der Waals surface area contributed by atoms with Crippen molar-refractivity contribution < 1.29 is 19.4 Å². The van der Waals surface area contributed by atoms with Gasteiger partial charge in [0.25, 0.3) is 0 Å². The standard InChI is InChI=1S/C22H27NO4/c24-22(25)10-5-13-23-14-11-18-6-4-9-21(20(18)12-15-23)27-17-16-26-19-7-2-1-3-8-19/h1-4,6-9H,5,10-17H2,(H,24,25). The van der Waals surface area contributed by atoms with E-state index in [1.54, 1.807) is 0 Å². The lowest BCUT2D eigenvalue weighted by molar-refractivity contribution is -0.137. The van der Waals surface area contributed by atoms with Gasteiger partial charge in [-0.2, -0.15) is 0 Å². The minimum Gasteiger partial charge on any atom is -0.490 e. The van der Waals surface area contributed by atoms with E-state index in [-0.39, 0.29) is 6.42 Å². The first-order chi connectivity index (χ1) is 13.2. The predicted molar refractivity (Wildman–Crippen MR) is 105 cm³/mol. The van der Waals surface area contributed by atoms with Crippen molar-refractivity contribution in [3.05, 3.63) is 59.7 Å². The molecule has 0 aromatic heterocycles. The van der Waals surface area contributed by atoms with Crippen molar-refractivity contribution in [1.82, 2.24) is 4.90 Å². The molecular formula is C22H27NO4. The third-order valence-electron chi connectivity index (χ3n) is 4.82. The number of hydrogen-bond acceptors (Lipinski definition) is 4. The third-order valence-corrected chi connectivity index (χ3v) is 4.82. The monoisotopic (exact) mass is 369 g/mol. The fourth-order valence-electron chi connectivity index (χ4n) is 3.43. The Labute approximate surface area is 160 Å². The second kappa shape index (κ2) is 9.97. The van der Waals surface area contributed by atoms with Crippen LogP contribution in [0.15, 0.2) is 48.5 Å². The quantitative estimate of drug-likeness (QED) is 0.687. The summed E-state index contributed by atoms with van der Waals surface area (Å²) in [5, 5.41) is 8.81. The molecule has 1 N–H and O–H groups in total. The summed E-state index contributed by atoms with van der Waals surface area (Å²) < 4.78 is 11.7. The second-order valence-corrected chi connectivity index (χ2v) is 6.74. The number of benzene rings is 2. The van der Waals surface area contributed by atoms with Crippen molar-refractivity contribution >= 4 is 5.97 Å². The van der Waals surface area contributed by atoms with Crippen LogP contribution >= 0.6 is 0 Å². The van der Waals surface area contributed by atoms with Gasteiger partial charge in [0.05, 0.1) is 0 Å². The second-order valence-electron chi connectivity index (χ2n) is 6.74. The number of para-hydroxylation sites is 1. The van der Waals surface area contributed by atoms with E-state index in [0.717, 1.165) is 44.0 Å². The fourth-order valence-corrected chi connectivity index (χ4v) is 3.43. The van der Waals surface area contributed by atoms with Gasteiger partial charge < -0.3 is 19.5 Å². The van der Waals surface area contributed by atoms with Crippen LogP contribution in [0.5, 0.6) is 11.5 Å². The van der Waals surface area contributed by atoms with Crippen molar-refractivity contribution in [3.63, 3.8) is 0 Å². The van der Waals surface area contributed by atoms with Crippen LogP contribution in [0.4, 0.5) is 0 Å². The minimum atomic E-state index is -0.721. The summed E-state index contributed by atoms with van der Waals surface area (Å²) in [6.07, 6.45) is 2.84. The number of nitrogens with zero attached hydrogens (tertiary/aromatic N) is 1. The first-order valence-electron chi connectivity index (χ1n) is 9.58. The molecule has 144 valence electrons. The van der Waals surface area contributed by atoms with Gasteiger partial charge in [-0.15, -0.1) is 0 Å². The number of aliphatic carboxylic acids is 1. The molecule has 1 heterocycles. The molecule has 27 heavy (non-hydrogen) atoms. The molecule has 0 fully saturated rings. The first-order valence-corrected chi connectivity index (χ1v) is 9.58. The van der Waals surface area contributed by atoms with Crippen LogP contribution in [0, 0.1) is 0 Å². The fraction of sp³-hybridized carbons (Fsp3) is 0.409. The molecule has 0 saturated carbocycles. The molecule has 0 bridgehead atoms. The molecule has 1 aliphatic heterocycles. The molecule has 5 heteroatoms. The molecule has 1 aliphatic rings. The zero-order valence-corrected chi connectivity index (χ0v) is 15.6. The Bertz CT molecular complexity index is 732. The molecule has 3 rings (SSSR count). The van der Waals surface area contributed by atoms with Gasteiger partial charge in [-0.1, -0.05) is 30.3 Å². The van der Waals surface area contributed by atoms with Crippen molar-refractivity contribution in [2.75, 3.05) is 32.8 Å². The maximum Gasteiger partial charge on any atom is 0.303 e. The lowest BCUT2D eigenvalue weighted by Gasteiger charge is -2.19. The number of carboxylic acids is 1. The molecule has 0 radical (unpaired) electrons. The number of hydrogen-bond donors (Lipinski definition) is 1. The molecule has 0 spiro atoms. The van der Waals surface area contributed by atoms with E-state index >= 15 is 0 Å². The Morgan fingerprint density at radius 1 is 0.963 bits per heavy atom. The normalized spacial score (nSPS) is 14.2. The lowest BCUT2D eigenvalue weighted by Crippen LogP contribution is -2.27. The summed E-state index contributed by atoms with van der Waals surface area (Å²) in [7, 11) is 0. The molecule has 0 unspecified atom stereocenters. The van der Waals surface area contributed by atoms with Gasteiger partial charge in [0, 0.05) is 19.5 Å². The van der Waals surface area contributed by atoms with Crippen molar-refractivity contribution in [3.8, 4) is 11.5 Å². The Kier molecular flexibility index (Phi) is 7.11. The smallest absolute Gasteiger partial charge is 0.303 e. The zero-order chi connectivity index (χ0) is 18.9. The van der Waals surface area contributed by atoms with Crippen molar-refractivity contribution in [1.29, 1.82) is 0 Å². The van der Waals surface area contributed by atoms with Crippen molar-refractivity contribution in [2.24, 2.45) is 0 Å². The number of ether oxygens (including phenoxy) is 2. The highest BCUT2D eigenvalue weighted by atomic mass is 16.5. The van der Waals surface area contributed by atoms with Crippen molar-refractivity contribution in [2.45, 2.75) is 25.7 Å². The van der Waals surface area contributed by atoms with Crippen LogP contribution in [0.2, 0.25) is 0 Å². The SMILES string of the molecule is O=C(O)CCCN1CCc2cccc(OCCOc3ccccc3)c2CC1. The molecule has 2 aromatic rings. The molecular weight excluding hydrogens is 342 g/mol. The summed E-state index contributed by atoms with van der Waals surface area (Å²) in [5.41, 5.74) is 2.61. The van der Waals surface area contributed by atoms with Crippen LogP contribution in [0.1, 0.15) is 24.0 Å². The largest absolute Gasteiger partial charge is 0.490 e. The van der Waals surface area contributed by atoms with Crippen LogP contribution in [0.3, 0.4) is 0 Å². The minimum absolute atomic E-state index is 0.235. The van der Waals surface area contributed by atoms with Gasteiger partial charge in [0.2, 0.25) is 0 Å². The van der Waals surface area contributed by atoms with E-state index in [9.17, 15) is 4.79 Å². The van der Waals surface area contributed by atoms with Gasteiger partial charge in [-0.05, 0) is 55.1 Å². The maximum absolute atomic E-state index is 10.7. The Balaban J connectivity index is 1.50. The maximum atomic E-state index is 10.7. The van der Waals surface area contributed by atoms with Crippen LogP contribution in [-0.4, -0.2) is 48.8 Å². The van der Waals surface area contributed by atoms with Crippen LogP contribution in [-0.2, 0) is 17.6 Å². The van der Waals surface area contributed by atoms with Gasteiger partial charge in [0.1, 0.15) is 24.7 Å². The molecule has 0 atom stereocenters. The highest BCUT2D eigenvalue weighted by molar-refractivity contribution is 5.66. The average Bonchev–Trinajstić information content (AvgIpc) is 2.89. The van der Waals surface area contributed by atoms with E-state index < -0.39 is 5.97 Å². The summed E-state index contributed by atoms with van der Waals surface area (Å²) >= 11 is 0. The highest BCUT2D eigenvalue weighted by Gasteiger charge is 2.17. The lowest BCUT2D eigenvalue weighted by atomic mass is 10.0. The van der Waals surface area contributed by atoms with Gasteiger partial charge >= 0.3 is 5.97 Å². The summed E-state index contributed by atoms with van der Waals surface area (Å²) in [6, 6.07) is 16.0. The number of fused-ring (bicyclic) bond motifs is 1. The van der Waals surface area contributed by atoms with Gasteiger partial charge in [0.15, 0.2) is 0 Å².